The van der Waals surface area contributed by atoms with Gasteiger partial charge < -0.3 is 9.30 Å². The van der Waals surface area contributed by atoms with Crippen LogP contribution in [0.15, 0.2) is 36.9 Å². The number of hydrogen-bond acceptors (Lipinski definition) is 3. The Morgan fingerprint density at radius 2 is 2.17 bits per heavy atom. The molecule has 1 heterocycles. The molecule has 0 N–H and O–H groups in total. The number of hydrogen-bond donors (Lipinski definition) is 0. The van der Waals surface area contributed by atoms with Crippen molar-refractivity contribution in [2.45, 2.75) is 45.4 Å². The predicted molar refractivity (Wildman–Crippen MR) is 104 cm³/mol. The summed E-state index contributed by atoms with van der Waals surface area (Å²) in [5, 5.41) is 1.30. The van der Waals surface area contributed by atoms with Gasteiger partial charge in [-0.15, -0.1) is 0 Å². The van der Waals surface area contributed by atoms with Gasteiger partial charge in [0.15, 0.2) is 0 Å². The second-order valence-corrected chi connectivity index (χ2v) is 7.70. The van der Waals surface area contributed by atoms with E-state index in [2.05, 4.69) is 16.5 Å². The molecule has 3 nitrogen and oxygen atoms in total. The molecule has 1 aromatic heterocycles. The smallest absolute Gasteiger partial charge is 0.0946 e. The maximum absolute atomic E-state index is 6.23. The van der Waals surface area contributed by atoms with E-state index in [9.17, 15) is 0 Å². The molecule has 0 radical (unpaired) electrons. The Kier molecular flexibility index (Phi) is 9.03. The van der Waals surface area contributed by atoms with E-state index < -0.39 is 0 Å². The van der Waals surface area contributed by atoms with Gasteiger partial charge in [-0.3, -0.25) is 0 Å². The standard InChI is InChI=1S/C18H24Cl2N2OS/c1-2-3-4-9-24-13-17(11-22-8-7-21-14-22)23-12-15-5-6-16(19)10-18(15)20/h5-8,10,14,17H,2-4,9,11-13H2,1H3. The summed E-state index contributed by atoms with van der Waals surface area (Å²) in [7, 11) is 0. The van der Waals surface area contributed by atoms with Crippen LogP contribution in [0.1, 0.15) is 31.7 Å². The zero-order valence-electron chi connectivity index (χ0n) is 14.0. The lowest BCUT2D eigenvalue weighted by Crippen LogP contribution is -2.22. The molecular formula is C18H24Cl2N2OS. The van der Waals surface area contributed by atoms with Crippen molar-refractivity contribution in [2.24, 2.45) is 0 Å². The van der Waals surface area contributed by atoms with Crippen LogP contribution in [0, 0.1) is 0 Å². The van der Waals surface area contributed by atoms with Gasteiger partial charge in [0.25, 0.3) is 0 Å². The largest absolute Gasteiger partial charge is 0.371 e. The molecule has 0 aliphatic carbocycles. The highest BCUT2D eigenvalue weighted by Crippen LogP contribution is 2.22. The first-order valence-corrected chi connectivity index (χ1v) is 10.2. The molecule has 0 fully saturated rings. The van der Waals surface area contributed by atoms with E-state index in [0.29, 0.717) is 16.7 Å². The van der Waals surface area contributed by atoms with Gasteiger partial charge in [-0.1, -0.05) is 49.0 Å². The van der Waals surface area contributed by atoms with Crippen molar-refractivity contribution < 1.29 is 4.74 Å². The number of benzene rings is 1. The van der Waals surface area contributed by atoms with Gasteiger partial charge >= 0.3 is 0 Å². The molecular weight excluding hydrogens is 363 g/mol. The number of imidazole rings is 1. The molecule has 0 saturated carbocycles. The summed E-state index contributed by atoms with van der Waals surface area (Å²) in [5.74, 6) is 2.15. The number of aromatic nitrogens is 2. The summed E-state index contributed by atoms with van der Waals surface area (Å²) in [6.45, 7) is 3.52. The summed E-state index contributed by atoms with van der Waals surface area (Å²) < 4.78 is 8.19. The molecule has 2 rings (SSSR count). The summed E-state index contributed by atoms with van der Waals surface area (Å²) in [5.41, 5.74) is 0.965. The maximum Gasteiger partial charge on any atom is 0.0946 e. The van der Waals surface area contributed by atoms with Gasteiger partial charge in [0.05, 0.1) is 25.6 Å². The molecule has 24 heavy (non-hydrogen) atoms. The van der Waals surface area contributed by atoms with Crippen LogP contribution in [0.3, 0.4) is 0 Å². The van der Waals surface area contributed by atoms with Gasteiger partial charge in [-0.2, -0.15) is 11.8 Å². The number of halogens is 2. The van der Waals surface area contributed by atoms with Crippen molar-refractivity contribution in [2.75, 3.05) is 11.5 Å². The van der Waals surface area contributed by atoms with E-state index >= 15 is 0 Å². The van der Waals surface area contributed by atoms with E-state index in [1.807, 2.05) is 36.4 Å². The van der Waals surface area contributed by atoms with E-state index in [-0.39, 0.29) is 6.10 Å². The van der Waals surface area contributed by atoms with Gasteiger partial charge in [-0.05, 0) is 29.9 Å². The molecule has 0 saturated heterocycles. The van der Waals surface area contributed by atoms with Crippen LogP contribution in [0.2, 0.25) is 10.0 Å². The first-order valence-electron chi connectivity index (χ1n) is 8.28. The third-order valence-electron chi connectivity index (χ3n) is 3.66. The van der Waals surface area contributed by atoms with Crippen molar-refractivity contribution >= 4 is 35.0 Å². The second kappa shape index (κ2) is 11.0. The molecule has 0 spiro atoms. The second-order valence-electron chi connectivity index (χ2n) is 5.71. The molecule has 1 aromatic carbocycles. The van der Waals surface area contributed by atoms with Crippen molar-refractivity contribution in [1.82, 2.24) is 9.55 Å². The Labute approximate surface area is 158 Å². The Morgan fingerprint density at radius 1 is 1.29 bits per heavy atom. The molecule has 0 amide bonds. The minimum atomic E-state index is 0.123. The average Bonchev–Trinajstić information content (AvgIpc) is 3.06. The highest BCUT2D eigenvalue weighted by molar-refractivity contribution is 7.99. The van der Waals surface area contributed by atoms with E-state index in [4.69, 9.17) is 27.9 Å². The van der Waals surface area contributed by atoms with Crippen LogP contribution in [-0.2, 0) is 17.9 Å². The quantitative estimate of drug-likeness (QED) is 0.463. The Hall–Kier alpha value is -0.680. The fourth-order valence-corrected chi connectivity index (χ4v) is 3.80. The summed E-state index contributed by atoms with van der Waals surface area (Å²) in [4.78, 5) is 4.10. The normalized spacial score (nSPS) is 12.5. The van der Waals surface area contributed by atoms with Crippen LogP contribution in [0.5, 0.6) is 0 Å². The molecule has 6 heteroatoms. The van der Waals surface area contributed by atoms with E-state index in [1.165, 1.54) is 25.0 Å². The lowest BCUT2D eigenvalue weighted by Gasteiger charge is -2.19. The first-order chi connectivity index (χ1) is 11.7. The van der Waals surface area contributed by atoms with E-state index in [1.54, 1.807) is 12.3 Å². The molecule has 2 aromatic rings. The van der Waals surface area contributed by atoms with Crippen LogP contribution in [0.4, 0.5) is 0 Å². The van der Waals surface area contributed by atoms with Crippen LogP contribution in [-0.4, -0.2) is 27.2 Å². The first kappa shape index (κ1) is 19.6. The highest BCUT2D eigenvalue weighted by Gasteiger charge is 2.12. The van der Waals surface area contributed by atoms with Gasteiger partial charge in [-0.25, -0.2) is 4.98 Å². The van der Waals surface area contributed by atoms with Crippen molar-refractivity contribution in [1.29, 1.82) is 0 Å². The Morgan fingerprint density at radius 3 is 2.88 bits per heavy atom. The fraction of sp³-hybridized carbons (Fsp3) is 0.500. The van der Waals surface area contributed by atoms with Crippen LogP contribution >= 0.6 is 35.0 Å². The maximum atomic E-state index is 6.23. The minimum Gasteiger partial charge on any atom is -0.371 e. The third-order valence-corrected chi connectivity index (χ3v) is 5.43. The SMILES string of the molecule is CCCCCSCC(Cn1ccnc1)OCc1ccc(Cl)cc1Cl. The molecule has 1 unspecified atom stereocenters. The van der Waals surface area contributed by atoms with E-state index in [0.717, 1.165) is 17.9 Å². The monoisotopic (exact) mass is 386 g/mol. The number of rotatable bonds is 11. The number of unbranched alkanes of at least 4 members (excludes halogenated alkanes) is 2. The minimum absolute atomic E-state index is 0.123. The predicted octanol–water partition coefficient (Wildman–Crippen LogP) is 5.70. The van der Waals surface area contributed by atoms with Crippen molar-refractivity contribution in [3.8, 4) is 0 Å². The zero-order valence-corrected chi connectivity index (χ0v) is 16.3. The highest BCUT2D eigenvalue weighted by atomic mass is 35.5. The fourth-order valence-electron chi connectivity index (χ4n) is 2.30. The van der Waals surface area contributed by atoms with Crippen molar-refractivity contribution in [3.63, 3.8) is 0 Å². The van der Waals surface area contributed by atoms with Crippen LogP contribution < -0.4 is 0 Å². The van der Waals surface area contributed by atoms with Crippen molar-refractivity contribution in [3.05, 3.63) is 52.5 Å². The molecule has 0 aliphatic heterocycles. The number of ether oxygens (including phenoxy) is 1. The lowest BCUT2D eigenvalue weighted by atomic mass is 10.2. The topological polar surface area (TPSA) is 27.1 Å². The third kappa shape index (κ3) is 7.06. The Balaban J connectivity index is 1.86. The van der Waals surface area contributed by atoms with Gasteiger partial charge in [0, 0.05) is 28.2 Å². The molecule has 1 atom stereocenters. The van der Waals surface area contributed by atoms with Crippen LogP contribution in [0.25, 0.3) is 0 Å². The summed E-state index contributed by atoms with van der Waals surface area (Å²) >= 11 is 14.1. The van der Waals surface area contributed by atoms with Gasteiger partial charge in [0.2, 0.25) is 0 Å². The molecule has 0 aliphatic rings. The lowest BCUT2D eigenvalue weighted by molar-refractivity contribution is 0.0451. The molecule has 0 bridgehead atoms. The zero-order chi connectivity index (χ0) is 17.2. The Bertz CT molecular complexity index is 593. The summed E-state index contributed by atoms with van der Waals surface area (Å²) in [6.07, 6.45) is 9.52. The summed E-state index contributed by atoms with van der Waals surface area (Å²) in [6, 6.07) is 5.52. The number of nitrogens with zero attached hydrogens (tertiary/aromatic N) is 2. The number of thioether (sulfide) groups is 1. The molecule has 132 valence electrons. The average molecular weight is 387 g/mol. The van der Waals surface area contributed by atoms with Gasteiger partial charge in [0.1, 0.15) is 0 Å².